The summed E-state index contributed by atoms with van der Waals surface area (Å²) in [6.07, 6.45) is 1.97. The topological polar surface area (TPSA) is 44.8 Å². The molecule has 0 saturated carbocycles. The fourth-order valence-electron chi connectivity index (χ4n) is 2.21. The van der Waals surface area contributed by atoms with E-state index in [1.54, 1.807) is 7.11 Å². The standard InChI is InChI=1S/C13H27N3O2/c1-5-6-16(8-7-15(2)3)13(17)12-9-11(18-4)10-14-12/h11-12,14H,5-10H2,1-4H3. The van der Waals surface area contributed by atoms with E-state index in [0.717, 1.165) is 39.0 Å². The average molecular weight is 257 g/mol. The lowest BCUT2D eigenvalue weighted by Crippen LogP contribution is -2.46. The van der Waals surface area contributed by atoms with Crippen molar-refractivity contribution in [2.24, 2.45) is 0 Å². The summed E-state index contributed by atoms with van der Waals surface area (Å²) in [7, 11) is 5.77. The number of carbonyl (C=O) groups is 1. The van der Waals surface area contributed by atoms with Crippen LogP contribution in [0.25, 0.3) is 0 Å². The predicted octanol–water partition coefficient (Wildman–Crippen LogP) is 0.164. The molecule has 0 aromatic carbocycles. The first-order valence-electron chi connectivity index (χ1n) is 6.78. The number of rotatable bonds is 7. The highest BCUT2D eigenvalue weighted by molar-refractivity contribution is 5.82. The second kappa shape index (κ2) is 7.71. The SMILES string of the molecule is CCCN(CCN(C)C)C(=O)C1CC(OC)CN1. The van der Waals surface area contributed by atoms with Gasteiger partial charge in [-0.05, 0) is 26.9 Å². The van der Waals surface area contributed by atoms with Gasteiger partial charge in [0.25, 0.3) is 0 Å². The van der Waals surface area contributed by atoms with Crippen molar-refractivity contribution < 1.29 is 9.53 Å². The number of likely N-dealkylation sites (N-methyl/N-ethyl adjacent to an activating group) is 1. The third-order valence-corrected chi connectivity index (χ3v) is 3.34. The van der Waals surface area contributed by atoms with Crippen LogP contribution in [0.2, 0.25) is 0 Å². The van der Waals surface area contributed by atoms with Gasteiger partial charge >= 0.3 is 0 Å². The lowest BCUT2D eigenvalue weighted by atomic mass is 10.1. The van der Waals surface area contributed by atoms with Crippen molar-refractivity contribution in [3.8, 4) is 0 Å². The summed E-state index contributed by atoms with van der Waals surface area (Å²) < 4.78 is 5.29. The van der Waals surface area contributed by atoms with Crippen LogP contribution >= 0.6 is 0 Å². The molecule has 0 spiro atoms. The first-order valence-corrected chi connectivity index (χ1v) is 6.78. The van der Waals surface area contributed by atoms with Crippen molar-refractivity contribution in [3.63, 3.8) is 0 Å². The Hall–Kier alpha value is -0.650. The Labute approximate surface area is 110 Å². The molecule has 2 unspecified atom stereocenters. The van der Waals surface area contributed by atoms with Crippen LogP contribution in [0.4, 0.5) is 0 Å². The maximum absolute atomic E-state index is 12.4. The maximum Gasteiger partial charge on any atom is 0.239 e. The maximum atomic E-state index is 12.4. The Morgan fingerprint density at radius 3 is 2.56 bits per heavy atom. The van der Waals surface area contributed by atoms with Gasteiger partial charge in [0.2, 0.25) is 5.91 Å². The molecule has 5 nitrogen and oxygen atoms in total. The summed E-state index contributed by atoms with van der Waals surface area (Å²) in [4.78, 5) is 16.5. The second-order valence-electron chi connectivity index (χ2n) is 5.18. The van der Waals surface area contributed by atoms with Crippen molar-refractivity contribution in [1.29, 1.82) is 0 Å². The van der Waals surface area contributed by atoms with Gasteiger partial charge in [0.1, 0.15) is 0 Å². The first kappa shape index (κ1) is 15.4. The van der Waals surface area contributed by atoms with Crippen LogP contribution in [-0.2, 0) is 9.53 Å². The summed E-state index contributed by atoms with van der Waals surface area (Å²) in [6.45, 7) is 5.43. The number of nitrogens with one attached hydrogen (secondary N) is 1. The molecule has 0 aromatic heterocycles. The molecular weight excluding hydrogens is 230 g/mol. The molecule has 1 saturated heterocycles. The summed E-state index contributed by atoms with van der Waals surface area (Å²) in [5.74, 6) is 0.221. The van der Waals surface area contributed by atoms with Crippen LogP contribution in [0, 0.1) is 0 Å². The largest absolute Gasteiger partial charge is 0.380 e. The molecule has 1 heterocycles. The van der Waals surface area contributed by atoms with Crippen LogP contribution < -0.4 is 5.32 Å². The molecule has 2 atom stereocenters. The van der Waals surface area contributed by atoms with Gasteiger partial charge in [0.15, 0.2) is 0 Å². The summed E-state index contributed by atoms with van der Waals surface area (Å²) in [5.41, 5.74) is 0. The van der Waals surface area contributed by atoms with E-state index in [4.69, 9.17) is 4.74 Å². The van der Waals surface area contributed by atoms with E-state index >= 15 is 0 Å². The highest BCUT2D eigenvalue weighted by atomic mass is 16.5. The molecule has 0 radical (unpaired) electrons. The monoisotopic (exact) mass is 257 g/mol. The van der Waals surface area contributed by atoms with Crippen LogP contribution in [-0.4, -0.2) is 75.2 Å². The van der Waals surface area contributed by atoms with E-state index in [9.17, 15) is 4.79 Å². The van der Waals surface area contributed by atoms with E-state index in [1.807, 2.05) is 19.0 Å². The molecule has 1 aliphatic rings. The smallest absolute Gasteiger partial charge is 0.239 e. The van der Waals surface area contributed by atoms with Crippen molar-refractivity contribution >= 4 is 5.91 Å². The average Bonchev–Trinajstić information content (AvgIpc) is 2.82. The quantitative estimate of drug-likeness (QED) is 0.706. The van der Waals surface area contributed by atoms with Gasteiger partial charge in [-0.2, -0.15) is 0 Å². The minimum atomic E-state index is -0.0661. The summed E-state index contributed by atoms with van der Waals surface area (Å²) in [6, 6.07) is -0.0661. The van der Waals surface area contributed by atoms with Gasteiger partial charge in [0.05, 0.1) is 12.1 Å². The fraction of sp³-hybridized carbons (Fsp3) is 0.923. The molecule has 106 valence electrons. The third kappa shape index (κ3) is 4.55. The van der Waals surface area contributed by atoms with Crippen LogP contribution in [0.1, 0.15) is 19.8 Å². The van der Waals surface area contributed by atoms with Gasteiger partial charge in [-0.15, -0.1) is 0 Å². The molecule has 0 aromatic rings. The molecule has 0 aliphatic carbocycles. The van der Waals surface area contributed by atoms with Crippen molar-refractivity contribution in [1.82, 2.24) is 15.1 Å². The van der Waals surface area contributed by atoms with Crippen molar-refractivity contribution in [2.45, 2.75) is 31.9 Å². The number of nitrogens with zero attached hydrogens (tertiary/aromatic N) is 2. The molecule has 1 rings (SSSR count). The van der Waals surface area contributed by atoms with Crippen molar-refractivity contribution in [2.75, 3.05) is 47.4 Å². The van der Waals surface area contributed by atoms with E-state index in [2.05, 4.69) is 17.1 Å². The zero-order chi connectivity index (χ0) is 13.5. The number of carbonyl (C=O) groups excluding carboxylic acids is 1. The molecule has 0 bridgehead atoms. The normalized spacial score (nSPS) is 23.6. The molecule has 1 amide bonds. The predicted molar refractivity (Wildman–Crippen MR) is 72.6 cm³/mol. The molecule has 1 aliphatic heterocycles. The minimum absolute atomic E-state index is 0.0661. The van der Waals surface area contributed by atoms with E-state index in [-0.39, 0.29) is 18.1 Å². The molecular formula is C13H27N3O2. The lowest BCUT2D eigenvalue weighted by molar-refractivity contribution is -0.133. The molecule has 1 N–H and O–H groups in total. The molecule has 5 heteroatoms. The van der Waals surface area contributed by atoms with E-state index in [0.29, 0.717) is 0 Å². The van der Waals surface area contributed by atoms with Crippen LogP contribution in [0.3, 0.4) is 0 Å². The fourth-order valence-corrected chi connectivity index (χ4v) is 2.21. The van der Waals surface area contributed by atoms with Gasteiger partial charge in [-0.1, -0.05) is 6.92 Å². The van der Waals surface area contributed by atoms with E-state index < -0.39 is 0 Å². The summed E-state index contributed by atoms with van der Waals surface area (Å²) in [5, 5.41) is 3.25. The highest BCUT2D eigenvalue weighted by Gasteiger charge is 2.31. The van der Waals surface area contributed by atoms with Gasteiger partial charge < -0.3 is 19.9 Å². The zero-order valence-electron chi connectivity index (χ0n) is 12.1. The highest BCUT2D eigenvalue weighted by Crippen LogP contribution is 2.12. The first-order chi connectivity index (χ1) is 8.58. The number of methoxy groups -OCH3 is 1. The second-order valence-corrected chi connectivity index (χ2v) is 5.18. The Balaban J connectivity index is 2.48. The van der Waals surface area contributed by atoms with Gasteiger partial charge in [0, 0.05) is 33.3 Å². The van der Waals surface area contributed by atoms with Crippen LogP contribution in [0.5, 0.6) is 0 Å². The minimum Gasteiger partial charge on any atom is -0.380 e. The Morgan fingerprint density at radius 1 is 1.33 bits per heavy atom. The number of amides is 1. The van der Waals surface area contributed by atoms with Gasteiger partial charge in [-0.25, -0.2) is 0 Å². The molecule has 18 heavy (non-hydrogen) atoms. The van der Waals surface area contributed by atoms with Crippen molar-refractivity contribution in [3.05, 3.63) is 0 Å². The Kier molecular flexibility index (Phi) is 6.60. The Bertz CT molecular complexity index is 259. The molecule has 1 fully saturated rings. The number of ether oxygens (including phenoxy) is 1. The Morgan fingerprint density at radius 2 is 2.06 bits per heavy atom. The number of hydrogen-bond acceptors (Lipinski definition) is 4. The third-order valence-electron chi connectivity index (χ3n) is 3.34. The summed E-state index contributed by atoms with van der Waals surface area (Å²) >= 11 is 0. The zero-order valence-corrected chi connectivity index (χ0v) is 12.1. The van der Waals surface area contributed by atoms with Crippen LogP contribution in [0.15, 0.2) is 0 Å². The van der Waals surface area contributed by atoms with E-state index in [1.165, 1.54) is 0 Å². The van der Waals surface area contributed by atoms with Gasteiger partial charge in [-0.3, -0.25) is 4.79 Å². The number of hydrogen-bond donors (Lipinski definition) is 1. The lowest BCUT2D eigenvalue weighted by Gasteiger charge is -2.26.